The van der Waals surface area contributed by atoms with Gasteiger partial charge in [0.05, 0.1) is 27.7 Å². The molecule has 40 heavy (non-hydrogen) atoms. The van der Waals surface area contributed by atoms with Gasteiger partial charge in [-0.2, -0.15) is 5.26 Å². The average Bonchev–Trinajstić information content (AvgIpc) is 3.31. The van der Waals surface area contributed by atoms with Gasteiger partial charge in [0.2, 0.25) is 10.0 Å². The normalized spacial score (nSPS) is 15.1. The number of hydrogen-bond donors (Lipinski definition) is 3. The maximum Gasteiger partial charge on any atom is 0.410 e. The highest BCUT2D eigenvalue weighted by Crippen LogP contribution is 2.32. The van der Waals surface area contributed by atoms with E-state index in [1.54, 1.807) is 45.9 Å². The van der Waals surface area contributed by atoms with E-state index in [1.165, 1.54) is 23.2 Å². The van der Waals surface area contributed by atoms with Gasteiger partial charge in [0.25, 0.3) is 10.0 Å². The Kier molecular flexibility index (Phi) is 7.79. The van der Waals surface area contributed by atoms with E-state index in [0.29, 0.717) is 22.0 Å². The first-order valence-electron chi connectivity index (χ1n) is 12.7. The van der Waals surface area contributed by atoms with Crippen molar-refractivity contribution in [3.8, 4) is 6.07 Å². The summed E-state index contributed by atoms with van der Waals surface area (Å²) >= 11 is 0. The molecule has 2 heterocycles. The van der Waals surface area contributed by atoms with E-state index < -0.39 is 37.0 Å². The number of benzene rings is 2. The van der Waals surface area contributed by atoms with Gasteiger partial charge in [-0.3, -0.25) is 9.44 Å². The number of carbonyl (C=O) groups is 1. The Morgan fingerprint density at radius 3 is 2.33 bits per heavy atom. The molecule has 0 spiro atoms. The fraction of sp³-hybridized carbons (Fsp3) is 0.407. The van der Waals surface area contributed by atoms with Crippen molar-refractivity contribution >= 4 is 48.4 Å². The van der Waals surface area contributed by atoms with Gasteiger partial charge in [-0.05, 0) is 76.8 Å². The number of piperidine rings is 1. The molecule has 0 aliphatic carbocycles. The predicted molar refractivity (Wildman–Crippen MR) is 153 cm³/mol. The van der Waals surface area contributed by atoms with E-state index in [0.717, 1.165) is 5.56 Å². The first kappa shape index (κ1) is 29.2. The number of anilines is 2. The van der Waals surface area contributed by atoms with Crippen molar-refractivity contribution in [1.29, 1.82) is 5.26 Å². The molecule has 0 unspecified atom stereocenters. The molecule has 1 fully saturated rings. The van der Waals surface area contributed by atoms with Crippen LogP contribution in [-0.4, -0.2) is 56.8 Å². The summed E-state index contributed by atoms with van der Waals surface area (Å²) in [5.41, 5.74) is 1.74. The number of rotatable bonds is 6. The molecule has 3 N–H and O–H groups in total. The number of nitriles is 1. The molecule has 2 aromatic carbocycles. The van der Waals surface area contributed by atoms with E-state index in [2.05, 4.69) is 20.5 Å². The number of ether oxygens (including phenoxy) is 1. The highest BCUT2D eigenvalue weighted by Gasteiger charge is 2.34. The first-order valence-corrected chi connectivity index (χ1v) is 15.8. The lowest BCUT2D eigenvalue weighted by molar-refractivity contribution is 0.0217. The molecule has 214 valence electrons. The van der Waals surface area contributed by atoms with E-state index in [9.17, 15) is 26.9 Å². The molecule has 11 nitrogen and oxygen atoms in total. The van der Waals surface area contributed by atoms with Crippen molar-refractivity contribution in [3.05, 3.63) is 53.2 Å². The number of hydrogen-bond acceptors (Lipinski definition) is 7. The van der Waals surface area contributed by atoms with Crippen LogP contribution < -0.4 is 9.44 Å². The Morgan fingerprint density at radius 1 is 1.05 bits per heavy atom. The maximum atomic E-state index is 13.6. The molecule has 13 heteroatoms. The fourth-order valence-corrected chi connectivity index (χ4v) is 7.51. The summed E-state index contributed by atoms with van der Waals surface area (Å²) in [6.07, 6.45) is 1.37. The van der Waals surface area contributed by atoms with Crippen molar-refractivity contribution in [2.45, 2.75) is 63.2 Å². The molecule has 1 aliphatic rings. The number of nitrogens with one attached hydrogen (secondary N) is 3. The highest BCUT2D eigenvalue weighted by atomic mass is 32.2. The van der Waals surface area contributed by atoms with Gasteiger partial charge in [0.1, 0.15) is 16.6 Å². The Labute approximate surface area is 234 Å². The SMILES string of the molecule is Cc1ccc(NS(=O)(=O)C2CCN(C(=O)OC(C)(C)C)CC2)c(S(=O)(=O)Nc2ccc(C)c3c(C#N)c[nH]c23)c1. The standard InChI is InChI=1S/C27H33N5O6S2/c1-17-6-8-21(30-39(34,35)20-10-12-32(13-11-20)26(33)38-27(3,4)5)23(14-17)40(36,37)31-22-9-7-18(2)24-19(15-28)16-29-25(22)24/h6-9,14,16,20,29-31H,10-13H2,1-5H3. The second-order valence-corrected chi connectivity index (χ2v) is 14.5. The molecule has 1 amide bonds. The van der Waals surface area contributed by atoms with Crippen LogP contribution in [0.5, 0.6) is 0 Å². The van der Waals surface area contributed by atoms with E-state index in [-0.39, 0.29) is 42.2 Å². The number of aromatic nitrogens is 1. The van der Waals surface area contributed by atoms with Gasteiger partial charge in [0, 0.05) is 24.7 Å². The first-order chi connectivity index (χ1) is 18.6. The smallest absolute Gasteiger partial charge is 0.410 e. The minimum atomic E-state index is -4.26. The van der Waals surface area contributed by atoms with Gasteiger partial charge in [-0.1, -0.05) is 12.1 Å². The molecular weight excluding hydrogens is 554 g/mol. The van der Waals surface area contributed by atoms with Crippen LogP contribution in [0.3, 0.4) is 0 Å². The Hall–Kier alpha value is -3.76. The number of H-pyrrole nitrogens is 1. The molecule has 0 saturated carbocycles. The third kappa shape index (κ3) is 6.18. The lowest BCUT2D eigenvalue weighted by Gasteiger charge is -2.33. The number of likely N-dealkylation sites (tertiary alicyclic amines) is 1. The highest BCUT2D eigenvalue weighted by molar-refractivity contribution is 7.94. The van der Waals surface area contributed by atoms with Crippen molar-refractivity contribution in [2.24, 2.45) is 0 Å². The second-order valence-electron chi connectivity index (χ2n) is 10.9. The van der Waals surface area contributed by atoms with Crippen LogP contribution in [0.1, 0.15) is 50.3 Å². The van der Waals surface area contributed by atoms with Gasteiger partial charge >= 0.3 is 6.09 Å². The number of amides is 1. The molecule has 1 saturated heterocycles. The summed E-state index contributed by atoms with van der Waals surface area (Å²) in [7, 11) is -8.25. The fourth-order valence-electron chi connectivity index (χ4n) is 4.64. The van der Waals surface area contributed by atoms with Crippen molar-refractivity contribution < 1.29 is 26.4 Å². The lowest BCUT2D eigenvalue weighted by atomic mass is 10.1. The molecule has 1 aromatic heterocycles. The van der Waals surface area contributed by atoms with Crippen LogP contribution in [0.4, 0.5) is 16.2 Å². The van der Waals surface area contributed by atoms with Gasteiger partial charge in [-0.25, -0.2) is 21.6 Å². The molecular formula is C27H33N5O6S2. The van der Waals surface area contributed by atoms with Gasteiger partial charge in [-0.15, -0.1) is 0 Å². The third-order valence-electron chi connectivity index (χ3n) is 6.62. The van der Waals surface area contributed by atoms with Crippen molar-refractivity contribution in [1.82, 2.24) is 9.88 Å². The predicted octanol–water partition coefficient (Wildman–Crippen LogP) is 4.60. The minimum Gasteiger partial charge on any atom is -0.444 e. The molecule has 0 radical (unpaired) electrons. The maximum absolute atomic E-state index is 13.6. The number of fused-ring (bicyclic) bond motifs is 1. The molecule has 3 aromatic rings. The van der Waals surface area contributed by atoms with Crippen LogP contribution in [0.15, 0.2) is 41.4 Å². The zero-order chi connectivity index (χ0) is 29.5. The Bertz CT molecular complexity index is 1710. The Balaban J connectivity index is 1.57. The quantitative estimate of drug-likeness (QED) is 0.380. The summed E-state index contributed by atoms with van der Waals surface area (Å²) < 4.78 is 64.3. The van der Waals surface area contributed by atoms with E-state index in [1.807, 2.05) is 6.92 Å². The van der Waals surface area contributed by atoms with E-state index >= 15 is 0 Å². The number of carbonyl (C=O) groups excluding carboxylic acids is 1. The van der Waals surface area contributed by atoms with Crippen LogP contribution in [0.2, 0.25) is 0 Å². The monoisotopic (exact) mass is 587 g/mol. The molecule has 1 aliphatic heterocycles. The molecule has 4 rings (SSSR count). The van der Waals surface area contributed by atoms with Crippen LogP contribution in [0.25, 0.3) is 10.9 Å². The topological polar surface area (TPSA) is 161 Å². The van der Waals surface area contributed by atoms with Crippen LogP contribution in [-0.2, 0) is 24.8 Å². The van der Waals surface area contributed by atoms with Crippen LogP contribution >= 0.6 is 0 Å². The van der Waals surface area contributed by atoms with Gasteiger partial charge < -0.3 is 14.6 Å². The third-order valence-corrected chi connectivity index (χ3v) is 9.88. The number of sulfonamides is 2. The molecule has 0 bridgehead atoms. The van der Waals surface area contributed by atoms with Crippen molar-refractivity contribution in [2.75, 3.05) is 22.5 Å². The largest absolute Gasteiger partial charge is 0.444 e. The number of aromatic amines is 1. The number of aryl methyl sites for hydroxylation is 2. The summed E-state index contributed by atoms with van der Waals surface area (Å²) in [4.78, 5) is 16.6. The minimum absolute atomic E-state index is 0.0831. The van der Waals surface area contributed by atoms with Crippen LogP contribution in [0, 0.1) is 25.2 Å². The second kappa shape index (κ2) is 10.7. The average molecular weight is 588 g/mol. The number of nitrogens with zero attached hydrogens (tertiary/aromatic N) is 2. The van der Waals surface area contributed by atoms with Gasteiger partial charge in [0.15, 0.2) is 0 Å². The van der Waals surface area contributed by atoms with Crippen molar-refractivity contribution in [3.63, 3.8) is 0 Å². The Morgan fingerprint density at radius 2 is 1.70 bits per heavy atom. The summed E-state index contributed by atoms with van der Waals surface area (Å²) in [6.45, 7) is 9.21. The zero-order valence-corrected chi connectivity index (χ0v) is 24.7. The summed E-state index contributed by atoms with van der Waals surface area (Å²) in [6, 6.07) is 9.82. The van der Waals surface area contributed by atoms with E-state index in [4.69, 9.17) is 4.74 Å². The summed E-state index contributed by atoms with van der Waals surface area (Å²) in [5, 5.41) is 9.20. The molecule has 0 atom stereocenters. The lowest BCUT2D eigenvalue weighted by Crippen LogP contribution is -2.45. The zero-order valence-electron chi connectivity index (χ0n) is 23.0. The summed E-state index contributed by atoms with van der Waals surface area (Å²) in [5.74, 6) is 0.